The van der Waals surface area contributed by atoms with E-state index in [1.54, 1.807) is 0 Å². The van der Waals surface area contributed by atoms with Gasteiger partial charge in [-0.3, -0.25) is 0 Å². The van der Waals surface area contributed by atoms with E-state index >= 15 is 0 Å². The van der Waals surface area contributed by atoms with E-state index in [9.17, 15) is 0 Å². The summed E-state index contributed by atoms with van der Waals surface area (Å²) in [5.41, 5.74) is 9.12. The molecule has 0 saturated carbocycles. The fourth-order valence-corrected chi connectivity index (χ4v) is 4.04. The highest BCUT2D eigenvalue weighted by molar-refractivity contribution is 6.07. The van der Waals surface area contributed by atoms with Gasteiger partial charge in [-0.2, -0.15) is 0 Å². The minimum atomic E-state index is 0.655. The second-order valence-corrected chi connectivity index (χ2v) is 6.68. The minimum absolute atomic E-state index is 0.655. The van der Waals surface area contributed by atoms with Gasteiger partial charge in [-0.25, -0.2) is 0 Å². The fourth-order valence-electron chi connectivity index (χ4n) is 4.04. The molecule has 1 aliphatic carbocycles. The van der Waals surface area contributed by atoms with Crippen LogP contribution in [0.3, 0.4) is 0 Å². The van der Waals surface area contributed by atoms with Crippen LogP contribution in [0.1, 0.15) is 29.2 Å². The monoisotopic (exact) mass is 310 g/mol. The summed E-state index contributed by atoms with van der Waals surface area (Å²) < 4.78 is 6.02. The molecule has 0 saturated heterocycles. The normalized spacial score (nSPS) is 14.0. The van der Waals surface area contributed by atoms with E-state index in [2.05, 4.69) is 68.1 Å². The van der Waals surface area contributed by atoms with Crippen molar-refractivity contribution in [1.82, 2.24) is 0 Å². The molecule has 0 N–H and O–H groups in total. The van der Waals surface area contributed by atoms with Crippen LogP contribution < -0.4 is 4.74 Å². The highest BCUT2D eigenvalue weighted by Gasteiger charge is 2.27. The average molecular weight is 310 g/mol. The third-order valence-corrected chi connectivity index (χ3v) is 5.16. The quantitative estimate of drug-likeness (QED) is 0.428. The first-order valence-corrected chi connectivity index (χ1v) is 8.40. The van der Waals surface area contributed by atoms with Crippen molar-refractivity contribution in [3.8, 4) is 16.9 Å². The molecular weight excluding hydrogens is 292 g/mol. The van der Waals surface area contributed by atoms with Crippen molar-refractivity contribution in [2.75, 3.05) is 6.61 Å². The Kier molecular flexibility index (Phi) is 2.75. The van der Waals surface area contributed by atoms with Crippen molar-refractivity contribution < 1.29 is 4.74 Å². The molecule has 0 unspecified atom stereocenters. The smallest absolute Gasteiger partial charge is 0.135 e. The van der Waals surface area contributed by atoms with E-state index in [1.165, 1.54) is 44.2 Å². The highest BCUT2D eigenvalue weighted by atomic mass is 16.5. The first kappa shape index (κ1) is 13.6. The first-order valence-electron chi connectivity index (χ1n) is 8.40. The summed E-state index contributed by atoms with van der Waals surface area (Å²) in [4.78, 5) is 0. The van der Waals surface area contributed by atoms with Crippen LogP contribution in [0.4, 0.5) is 0 Å². The molecule has 2 aliphatic rings. The lowest BCUT2D eigenvalue weighted by atomic mass is 9.92. The largest absolute Gasteiger partial charge is 0.488 e. The molecular formula is C23H18O. The van der Waals surface area contributed by atoms with Crippen LogP contribution in [0.2, 0.25) is 0 Å². The van der Waals surface area contributed by atoms with Crippen molar-refractivity contribution in [3.63, 3.8) is 0 Å². The molecule has 0 aromatic heterocycles. The number of fused-ring (bicyclic) bond motifs is 8. The van der Waals surface area contributed by atoms with Gasteiger partial charge in [-0.15, -0.1) is 0 Å². The second kappa shape index (κ2) is 4.85. The maximum atomic E-state index is 6.02. The maximum absolute atomic E-state index is 6.02. The molecule has 0 fully saturated rings. The molecule has 0 radical (unpaired) electrons. The topological polar surface area (TPSA) is 9.23 Å². The number of rotatable bonds is 1. The standard InChI is InChI=1S/C23H18O/c1-14(2)15-9-10-17-16(12-15)13-21-20-8-5-11-24-23(20)19-7-4-3-6-18(19)22(17)21/h3-10,12H,1,11,13H2,2H3. The van der Waals surface area contributed by atoms with Crippen molar-refractivity contribution in [1.29, 1.82) is 0 Å². The van der Waals surface area contributed by atoms with Crippen molar-refractivity contribution in [3.05, 3.63) is 77.4 Å². The van der Waals surface area contributed by atoms with Gasteiger partial charge in [0.05, 0.1) is 0 Å². The number of ether oxygens (including phenoxy) is 1. The Labute approximate surface area is 141 Å². The lowest BCUT2D eigenvalue weighted by Gasteiger charge is -2.19. The van der Waals surface area contributed by atoms with Crippen LogP contribution in [0.15, 0.2) is 55.1 Å². The summed E-state index contributed by atoms with van der Waals surface area (Å²) in [5, 5.41) is 2.51. The van der Waals surface area contributed by atoms with Gasteiger partial charge in [0.25, 0.3) is 0 Å². The van der Waals surface area contributed by atoms with Gasteiger partial charge in [0.15, 0.2) is 0 Å². The molecule has 0 amide bonds. The SMILES string of the molecule is C=C(C)c1ccc2c(c1)Cc1c3c(c4ccccc4c1-2)OCC=C3. The second-order valence-electron chi connectivity index (χ2n) is 6.68. The molecule has 1 aliphatic heterocycles. The summed E-state index contributed by atoms with van der Waals surface area (Å²) in [7, 11) is 0. The van der Waals surface area contributed by atoms with Gasteiger partial charge in [-0.1, -0.05) is 60.7 Å². The molecule has 24 heavy (non-hydrogen) atoms. The summed E-state index contributed by atoms with van der Waals surface area (Å²) in [6.07, 6.45) is 5.31. The van der Waals surface area contributed by atoms with Crippen LogP contribution >= 0.6 is 0 Å². The van der Waals surface area contributed by atoms with Crippen molar-refractivity contribution in [2.24, 2.45) is 0 Å². The summed E-state index contributed by atoms with van der Waals surface area (Å²) in [5.74, 6) is 1.04. The lowest BCUT2D eigenvalue weighted by molar-refractivity contribution is 0.362. The average Bonchev–Trinajstić information content (AvgIpc) is 3.01. The zero-order valence-corrected chi connectivity index (χ0v) is 13.7. The Morgan fingerprint density at radius 1 is 1.08 bits per heavy atom. The summed E-state index contributed by atoms with van der Waals surface area (Å²) in [6, 6.07) is 15.4. The van der Waals surface area contributed by atoms with E-state index < -0.39 is 0 Å². The van der Waals surface area contributed by atoms with Crippen LogP contribution in [-0.4, -0.2) is 6.61 Å². The van der Waals surface area contributed by atoms with Gasteiger partial charge >= 0.3 is 0 Å². The molecule has 0 atom stereocenters. The van der Waals surface area contributed by atoms with E-state index in [1.807, 2.05) is 0 Å². The number of hydrogen-bond acceptors (Lipinski definition) is 1. The van der Waals surface area contributed by atoms with E-state index in [4.69, 9.17) is 4.74 Å². The highest BCUT2D eigenvalue weighted by Crippen LogP contribution is 2.49. The Hall–Kier alpha value is -2.80. The Morgan fingerprint density at radius 2 is 1.92 bits per heavy atom. The maximum Gasteiger partial charge on any atom is 0.135 e. The summed E-state index contributed by atoms with van der Waals surface area (Å²) >= 11 is 0. The van der Waals surface area contributed by atoms with E-state index in [-0.39, 0.29) is 0 Å². The lowest BCUT2D eigenvalue weighted by Crippen LogP contribution is -2.04. The number of benzene rings is 3. The van der Waals surface area contributed by atoms with Gasteiger partial charge in [0, 0.05) is 10.9 Å². The Morgan fingerprint density at radius 3 is 2.75 bits per heavy atom. The number of hydrogen-bond donors (Lipinski definition) is 0. The van der Waals surface area contributed by atoms with Crippen molar-refractivity contribution >= 4 is 22.4 Å². The molecule has 116 valence electrons. The Bertz CT molecular complexity index is 1050. The molecule has 1 heterocycles. The van der Waals surface area contributed by atoms with E-state index in [0.717, 1.165) is 17.7 Å². The molecule has 5 rings (SSSR count). The van der Waals surface area contributed by atoms with Gasteiger partial charge < -0.3 is 4.74 Å². The predicted octanol–water partition coefficient (Wildman–Crippen LogP) is 5.85. The van der Waals surface area contributed by atoms with Gasteiger partial charge in [0.1, 0.15) is 12.4 Å². The number of allylic oxidation sites excluding steroid dienone is 1. The molecule has 1 heteroatoms. The van der Waals surface area contributed by atoms with Gasteiger partial charge in [0.2, 0.25) is 0 Å². The van der Waals surface area contributed by atoms with Crippen LogP contribution in [0, 0.1) is 0 Å². The molecule has 0 spiro atoms. The molecule has 3 aromatic rings. The zero-order valence-electron chi connectivity index (χ0n) is 13.7. The zero-order chi connectivity index (χ0) is 16.3. The predicted molar refractivity (Wildman–Crippen MR) is 101 cm³/mol. The fraction of sp³-hybridized carbons (Fsp3) is 0.130. The van der Waals surface area contributed by atoms with Crippen LogP contribution in [-0.2, 0) is 6.42 Å². The molecule has 1 nitrogen and oxygen atoms in total. The third-order valence-electron chi connectivity index (χ3n) is 5.16. The van der Waals surface area contributed by atoms with Gasteiger partial charge in [-0.05, 0) is 52.6 Å². The van der Waals surface area contributed by atoms with Crippen molar-refractivity contribution in [2.45, 2.75) is 13.3 Å². The van der Waals surface area contributed by atoms with Crippen LogP contribution in [0.5, 0.6) is 5.75 Å². The molecule has 3 aromatic carbocycles. The Balaban J connectivity index is 1.88. The first-order chi connectivity index (χ1) is 11.7. The van der Waals surface area contributed by atoms with Crippen LogP contribution in [0.25, 0.3) is 33.5 Å². The third kappa shape index (κ3) is 1.75. The van der Waals surface area contributed by atoms with E-state index in [0.29, 0.717) is 6.61 Å². The molecule has 0 bridgehead atoms. The summed E-state index contributed by atoms with van der Waals surface area (Å²) in [6.45, 7) is 6.81. The minimum Gasteiger partial charge on any atom is -0.488 e.